The van der Waals surface area contributed by atoms with E-state index in [0.717, 1.165) is 15.2 Å². The standard InChI is InChI=1S/C28H16Br2O6/c1-33-19-12-14(11-18(30)24(19)34-2)21-23-17-6-4-3-5-16(17)22-20(13-7-9-15(29)10-8-13)27(31)35-25(22)26(23)36-28(21)32/h3-12H,1-2H3. The van der Waals surface area contributed by atoms with Crippen LogP contribution in [0.5, 0.6) is 23.0 Å². The summed E-state index contributed by atoms with van der Waals surface area (Å²) < 4.78 is 24.0. The van der Waals surface area contributed by atoms with Crippen molar-refractivity contribution in [3.8, 4) is 23.0 Å². The minimum Gasteiger partial charge on any atom is -0.493 e. The van der Waals surface area contributed by atoms with Gasteiger partial charge in [0.2, 0.25) is 0 Å². The van der Waals surface area contributed by atoms with Crippen LogP contribution in [-0.4, -0.2) is 26.2 Å². The molecular weight excluding hydrogens is 592 g/mol. The van der Waals surface area contributed by atoms with E-state index < -0.39 is 11.9 Å². The molecule has 0 aliphatic carbocycles. The fraction of sp³-hybridized carbons (Fsp3) is 0.0714. The molecule has 0 saturated carbocycles. The van der Waals surface area contributed by atoms with Gasteiger partial charge in [-0.1, -0.05) is 52.3 Å². The summed E-state index contributed by atoms with van der Waals surface area (Å²) in [6, 6.07) is 18.5. The van der Waals surface area contributed by atoms with Crippen molar-refractivity contribution in [2.24, 2.45) is 0 Å². The van der Waals surface area contributed by atoms with Gasteiger partial charge >= 0.3 is 11.9 Å². The highest BCUT2D eigenvalue weighted by Crippen LogP contribution is 2.41. The largest absolute Gasteiger partial charge is 0.493 e. The number of fused-ring (bicyclic) bond motifs is 6. The zero-order valence-corrected chi connectivity index (χ0v) is 22.2. The number of carbonyl (C=O) groups excluding carboxylic acids is 2. The van der Waals surface area contributed by atoms with Crippen molar-refractivity contribution in [3.05, 3.63) is 91.2 Å². The van der Waals surface area contributed by atoms with Crippen molar-refractivity contribution in [3.63, 3.8) is 0 Å². The first-order valence-corrected chi connectivity index (χ1v) is 12.5. The lowest BCUT2D eigenvalue weighted by atomic mass is 9.95. The number of methoxy groups -OCH3 is 2. The number of carbonyl (C=O) groups is 2. The lowest BCUT2D eigenvalue weighted by Crippen LogP contribution is -2.15. The number of hydrogen-bond donors (Lipinski definition) is 0. The highest BCUT2D eigenvalue weighted by molar-refractivity contribution is 9.10. The Kier molecular flexibility index (Phi) is 5.39. The van der Waals surface area contributed by atoms with E-state index in [4.69, 9.17) is 18.9 Å². The fourth-order valence-corrected chi connectivity index (χ4v) is 5.64. The molecule has 0 fully saturated rings. The van der Waals surface area contributed by atoms with Crippen LogP contribution >= 0.6 is 31.9 Å². The van der Waals surface area contributed by atoms with Crippen LogP contribution in [0.1, 0.15) is 11.1 Å². The van der Waals surface area contributed by atoms with E-state index >= 15 is 0 Å². The highest BCUT2D eigenvalue weighted by atomic mass is 79.9. The van der Waals surface area contributed by atoms with Gasteiger partial charge in [-0.3, -0.25) is 0 Å². The Morgan fingerprint density at radius 1 is 0.694 bits per heavy atom. The van der Waals surface area contributed by atoms with Gasteiger partial charge in [0.05, 0.1) is 29.8 Å². The molecule has 6 rings (SSSR count). The quantitative estimate of drug-likeness (QED) is 0.249. The predicted octanol–water partition coefficient (Wildman–Crippen LogP) is 4.62. The Hall–Kier alpha value is -3.62. The molecule has 2 aliphatic heterocycles. The van der Waals surface area contributed by atoms with Crippen LogP contribution in [-0.2, 0) is 9.59 Å². The first-order chi connectivity index (χ1) is 17.4. The van der Waals surface area contributed by atoms with Crippen LogP contribution in [0.15, 0.2) is 69.6 Å². The number of halogens is 2. The highest BCUT2D eigenvalue weighted by Gasteiger charge is 2.36. The fourth-order valence-electron chi connectivity index (χ4n) is 4.78. The molecule has 0 spiro atoms. The summed E-state index contributed by atoms with van der Waals surface area (Å²) in [4.78, 5) is 26.4. The maximum atomic E-state index is 13.3. The Morgan fingerprint density at radius 3 is 1.78 bits per heavy atom. The third-order valence-corrected chi connectivity index (χ3v) is 7.40. The minimum atomic E-state index is -0.546. The second-order valence-electron chi connectivity index (χ2n) is 8.18. The summed E-state index contributed by atoms with van der Waals surface area (Å²) >= 11 is 6.94. The van der Waals surface area contributed by atoms with Gasteiger partial charge in [-0.05, 0) is 62.1 Å². The van der Waals surface area contributed by atoms with E-state index in [1.165, 1.54) is 7.11 Å². The average Bonchev–Trinajstić information content (AvgIpc) is 3.41. The van der Waals surface area contributed by atoms with Crippen molar-refractivity contribution in [2.45, 2.75) is 0 Å². The van der Waals surface area contributed by atoms with E-state index in [1.54, 1.807) is 19.2 Å². The first-order valence-electron chi connectivity index (χ1n) is 10.9. The van der Waals surface area contributed by atoms with E-state index in [2.05, 4.69) is 31.9 Å². The van der Waals surface area contributed by atoms with Crippen LogP contribution < -0.4 is 29.4 Å². The molecule has 2 aliphatic rings. The van der Waals surface area contributed by atoms with Gasteiger partial charge in [0, 0.05) is 14.9 Å². The van der Waals surface area contributed by atoms with Gasteiger partial charge in [0.25, 0.3) is 0 Å². The smallest absolute Gasteiger partial charge is 0.345 e. The van der Waals surface area contributed by atoms with Gasteiger partial charge in [-0.2, -0.15) is 0 Å². The Labute approximate surface area is 222 Å². The molecule has 0 N–H and O–H groups in total. The molecule has 178 valence electrons. The molecule has 0 aromatic heterocycles. The lowest BCUT2D eigenvalue weighted by molar-refractivity contribution is -0.129. The number of ether oxygens (including phenoxy) is 4. The summed E-state index contributed by atoms with van der Waals surface area (Å²) in [5.41, 5.74) is 2.06. The van der Waals surface area contributed by atoms with E-state index in [9.17, 15) is 9.59 Å². The van der Waals surface area contributed by atoms with E-state index in [0.29, 0.717) is 48.7 Å². The van der Waals surface area contributed by atoms with Crippen LogP contribution in [0, 0.1) is 0 Å². The second-order valence-corrected chi connectivity index (χ2v) is 9.95. The molecule has 0 radical (unpaired) electrons. The van der Waals surface area contributed by atoms with Crippen molar-refractivity contribution in [1.29, 1.82) is 0 Å². The predicted molar refractivity (Wildman–Crippen MR) is 141 cm³/mol. The summed E-state index contributed by atoms with van der Waals surface area (Å²) in [5, 5.41) is 2.73. The molecule has 4 aromatic carbocycles. The molecule has 0 bridgehead atoms. The van der Waals surface area contributed by atoms with E-state index in [1.807, 2.05) is 48.5 Å². The number of benzene rings is 4. The number of esters is 2. The molecule has 0 amide bonds. The Balaban J connectivity index is 1.76. The van der Waals surface area contributed by atoms with Crippen molar-refractivity contribution >= 4 is 65.7 Å². The first kappa shape index (κ1) is 22.8. The van der Waals surface area contributed by atoms with Crippen molar-refractivity contribution < 1.29 is 28.5 Å². The van der Waals surface area contributed by atoms with Gasteiger partial charge in [-0.15, -0.1) is 0 Å². The topological polar surface area (TPSA) is 71.1 Å². The minimum absolute atomic E-state index is 0.232. The van der Waals surface area contributed by atoms with Gasteiger partial charge < -0.3 is 18.9 Å². The van der Waals surface area contributed by atoms with Crippen molar-refractivity contribution in [1.82, 2.24) is 0 Å². The maximum Gasteiger partial charge on any atom is 0.345 e. The summed E-state index contributed by atoms with van der Waals surface area (Å²) in [7, 11) is 3.07. The molecule has 0 unspecified atom stereocenters. The van der Waals surface area contributed by atoms with Crippen LogP contribution in [0.3, 0.4) is 0 Å². The third-order valence-electron chi connectivity index (χ3n) is 6.28. The third kappa shape index (κ3) is 3.28. The summed E-state index contributed by atoms with van der Waals surface area (Å²) in [5.74, 6) is 0.401. The van der Waals surface area contributed by atoms with E-state index in [-0.39, 0.29) is 11.5 Å². The lowest BCUT2D eigenvalue weighted by Gasteiger charge is -2.12. The van der Waals surface area contributed by atoms with Crippen molar-refractivity contribution in [2.75, 3.05) is 14.2 Å². The van der Waals surface area contributed by atoms with Crippen LogP contribution in [0.2, 0.25) is 0 Å². The molecule has 0 atom stereocenters. The Morgan fingerprint density at radius 2 is 1.25 bits per heavy atom. The molecule has 4 aromatic rings. The number of rotatable bonds is 4. The monoisotopic (exact) mass is 606 g/mol. The number of hydrogen-bond acceptors (Lipinski definition) is 6. The normalized spacial score (nSPS) is 14.0. The Bertz CT molecular complexity index is 1760. The van der Waals surface area contributed by atoms with Gasteiger partial charge in [0.15, 0.2) is 23.0 Å². The molecule has 6 nitrogen and oxygen atoms in total. The zero-order valence-electron chi connectivity index (χ0n) is 19.0. The zero-order chi connectivity index (χ0) is 25.1. The molecule has 36 heavy (non-hydrogen) atoms. The van der Waals surface area contributed by atoms with Crippen LogP contribution in [0.4, 0.5) is 0 Å². The molecule has 2 heterocycles. The molecule has 0 saturated heterocycles. The average molecular weight is 608 g/mol. The summed E-state index contributed by atoms with van der Waals surface area (Å²) in [6.07, 6.45) is 0. The molecular formula is C28H16Br2O6. The maximum absolute atomic E-state index is 13.3. The second kappa shape index (κ2) is 8.50. The summed E-state index contributed by atoms with van der Waals surface area (Å²) in [6.45, 7) is 0. The SMILES string of the molecule is COc1cc(C2=c3c(c4c(c5ccccc35)=C(c3ccc(Br)cc3)C(=O)O4)OC2=O)cc(Br)c1OC. The van der Waals surface area contributed by atoms with Gasteiger partial charge in [-0.25, -0.2) is 9.59 Å². The van der Waals surface area contributed by atoms with Gasteiger partial charge in [0.1, 0.15) is 0 Å². The van der Waals surface area contributed by atoms with Crippen LogP contribution in [0.25, 0.3) is 21.9 Å². The molecule has 8 heteroatoms.